The summed E-state index contributed by atoms with van der Waals surface area (Å²) in [4.78, 5) is 2.45. The highest BCUT2D eigenvalue weighted by Gasteiger charge is 2.20. The first kappa shape index (κ1) is 15.0. The van der Waals surface area contributed by atoms with E-state index in [1.54, 1.807) is 12.1 Å². The quantitative estimate of drug-likeness (QED) is 0.851. The summed E-state index contributed by atoms with van der Waals surface area (Å²) >= 11 is 0. The molecular formula is C17H22FN3O. The van der Waals surface area contributed by atoms with Crippen molar-refractivity contribution in [1.82, 2.24) is 14.7 Å². The van der Waals surface area contributed by atoms with Crippen LogP contribution in [0.5, 0.6) is 5.75 Å². The number of nitrogens with zero attached hydrogens (tertiary/aromatic N) is 3. The smallest absolute Gasteiger partial charge is 0.123 e. The van der Waals surface area contributed by atoms with Crippen molar-refractivity contribution in [2.24, 2.45) is 0 Å². The summed E-state index contributed by atoms with van der Waals surface area (Å²) in [6.45, 7) is 6.02. The third kappa shape index (κ3) is 4.07. The minimum Gasteiger partial charge on any atom is -0.490 e. The number of aromatic nitrogens is 2. The van der Waals surface area contributed by atoms with Crippen molar-refractivity contribution in [1.29, 1.82) is 0 Å². The Morgan fingerprint density at radius 3 is 2.50 bits per heavy atom. The lowest BCUT2D eigenvalue weighted by Crippen LogP contribution is -2.39. The van der Waals surface area contributed by atoms with Crippen LogP contribution in [0.1, 0.15) is 18.5 Å². The van der Waals surface area contributed by atoms with Crippen LogP contribution in [0.4, 0.5) is 4.39 Å². The van der Waals surface area contributed by atoms with Crippen LogP contribution in [0.3, 0.4) is 0 Å². The fraction of sp³-hybridized carbons (Fsp3) is 0.471. The van der Waals surface area contributed by atoms with Gasteiger partial charge in [0.15, 0.2) is 0 Å². The molecule has 0 unspecified atom stereocenters. The minimum absolute atomic E-state index is 0.226. The van der Waals surface area contributed by atoms with Crippen molar-refractivity contribution in [3.63, 3.8) is 0 Å². The zero-order valence-corrected chi connectivity index (χ0v) is 12.9. The standard InChI is InChI=1S/C17H22FN3O/c1-14-6-11-21(19-14)13-12-20-9-7-17(8-10-20)22-16-4-2-15(18)3-5-16/h2-6,11,17H,7-10,12-13H2,1H3. The number of hydrogen-bond acceptors (Lipinski definition) is 3. The van der Waals surface area contributed by atoms with Gasteiger partial charge in [0.2, 0.25) is 0 Å². The van der Waals surface area contributed by atoms with Crippen LogP contribution < -0.4 is 4.74 Å². The van der Waals surface area contributed by atoms with E-state index < -0.39 is 0 Å². The fourth-order valence-electron chi connectivity index (χ4n) is 2.79. The average Bonchev–Trinajstić information content (AvgIpc) is 2.94. The largest absolute Gasteiger partial charge is 0.490 e. The van der Waals surface area contributed by atoms with Gasteiger partial charge in [-0.2, -0.15) is 5.10 Å². The van der Waals surface area contributed by atoms with Gasteiger partial charge in [-0.3, -0.25) is 4.68 Å². The van der Waals surface area contributed by atoms with Crippen LogP contribution in [-0.2, 0) is 6.54 Å². The average molecular weight is 303 g/mol. The number of piperidine rings is 1. The summed E-state index contributed by atoms with van der Waals surface area (Å²) in [5, 5.41) is 4.41. The van der Waals surface area contributed by atoms with Gasteiger partial charge in [-0.1, -0.05) is 0 Å². The molecule has 1 aliphatic rings. The van der Waals surface area contributed by atoms with Crippen molar-refractivity contribution < 1.29 is 9.13 Å². The normalized spacial score (nSPS) is 16.8. The molecule has 0 radical (unpaired) electrons. The lowest BCUT2D eigenvalue weighted by atomic mass is 10.1. The van der Waals surface area contributed by atoms with E-state index >= 15 is 0 Å². The summed E-state index contributed by atoms with van der Waals surface area (Å²) in [7, 11) is 0. The van der Waals surface area contributed by atoms with Gasteiger partial charge in [0.05, 0.1) is 12.2 Å². The van der Waals surface area contributed by atoms with Gasteiger partial charge in [0.25, 0.3) is 0 Å². The summed E-state index contributed by atoms with van der Waals surface area (Å²) in [6, 6.07) is 8.30. The van der Waals surface area contributed by atoms with E-state index in [2.05, 4.69) is 10.00 Å². The number of ether oxygens (including phenoxy) is 1. The lowest BCUT2D eigenvalue weighted by molar-refractivity contribution is 0.0979. The number of benzene rings is 1. The van der Waals surface area contributed by atoms with E-state index in [1.807, 2.05) is 23.9 Å². The summed E-state index contributed by atoms with van der Waals surface area (Å²) in [5.74, 6) is 0.530. The molecule has 2 aromatic rings. The Bertz CT molecular complexity index is 588. The summed E-state index contributed by atoms with van der Waals surface area (Å²) < 4.78 is 20.8. The van der Waals surface area contributed by atoms with Gasteiger partial charge in [-0.25, -0.2) is 4.39 Å². The maximum absolute atomic E-state index is 12.9. The molecule has 2 heterocycles. The van der Waals surface area contributed by atoms with Gasteiger partial charge in [0, 0.05) is 25.8 Å². The monoisotopic (exact) mass is 303 g/mol. The second-order valence-corrected chi connectivity index (χ2v) is 5.83. The Balaban J connectivity index is 1.41. The predicted octanol–water partition coefficient (Wildman–Crippen LogP) is 2.87. The van der Waals surface area contributed by atoms with Crippen molar-refractivity contribution in [3.05, 3.63) is 48.0 Å². The second-order valence-electron chi connectivity index (χ2n) is 5.83. The zero-order valence-electron chi connectivity index (χ0n) is 12.9. The number of aryl methyl sites for hydroxylation is 1. The third-order valence-corrected chi connectivity index (χ3v) is 4.07. The zero-order chi connectivity index (χ0) is 15.4. The molecule has 1 aromatic heterocycles. The third-order valence-electron chi connectivity index (χ3n) is 4.07. The topological polar surface area (TPSA) is 30.3 Å². The minimum atomic E-state index is -0.226. The Labute approximate surface area is 130 Å². The van der Waals surface area contributed by atoms with Gasteiger partial charge >= 0.3 is 0 Å². The Morgan fingerprint density at radius 1 is 1.14 bits per heavy atom. The fourth-order valence-corrected chi connectivity index (χ4v) is 2.79. The Morgan fingerprint density at radius 2 is 1.86 bits per heavy atom. The molecule has 1 aliphatic heterocycles. The first-order valence-corrected chi connectivity index (χ1v) is 7.84. The molecule has 0 bridgehead atoms. The van der Waals surface area contributed by atoms with Gasteiger partial charge in [-0.15, -0.1) is 0 Å². The maximum Gasteiger partial charge on any atom is 0.123 e. The maximum atomic E-state index is 12.9. The van der Waals surface area contributed by atoms with Crippen molar-refractivity contribution in [3.8, 4) is 5.75 Å². The molecule has 1 aromatic carbocycles. The molecule has 1 fully saturated rings. The molecule has 0 atom stereocenters. The molecule has 5 heteroatoms. The van der Waals surface area contributed by atoms with E-state index in [0.29, 0.717) is 0 Å². The highest BCUT2D eigenvalue weighted by molar-refractivity contribution is 5.22. The molecule has 22 heavy (non-hydrogen) atoms. The molecule has 3 rings (SSSR count). The van der Waals surface area contributed by atoms with Gasteiger partial charge in [-0.05, 0) is 50.1 Å². The Kier molecular flexibility index (Phi) is 4.73. The van der Waals surface area contributed by atoms with E-state index in [1.165, 1.54) is 12.1 Å². The second kappa shape index (κ2) is 6.92. The predicted molar refractivity (Wildman–Crippen MR) is 83.5 cm³/mol. The van der Waals surface area contributed by atoms with E-state index in [4.69, 9.17) is 4.74 Å². The van der Waals surface area contributed by atoms with E-state index in [9.17, 15) is 4.39 Å². The first-order chi connectivity index (χ1) is 10.7. The van der Waals surface area contributed by atoms with Crippen LogP contribution >= 0.6 is 0 Å². The molecule has 0 N–H and O–H groups in total. The van der Waals surface area contributed by atoms with E-state index in [-0.39, 0.29) is 11.9 Å². The number of rotatable bonds is 5. The summed E-state index contributed by atoms with van der Waals surface area (Å²) in [6.07, 6.45) is 4.28. The number of likely N-dealkylation sites (tertiary alicyclic amines) is 1. The van der Waals surface area contributed by atoms with Crippen LogP contribution in [0, 0.1) is 12.7 Å². The molecule has 0 spiro atoms. The highest BCUT2D eigenvalue weighted by Crippen LogP contribution is 2.19. The van der Waals surface area contributed by atoms with Gasteiger partial charge < -0.3 is 9.64 Å². The van der Waals surface area contributed by atoms with Crippen molar-refractivity contribution in [2.45, 2.75) is 32.4 Å². The van der Waals surface area contributed by atoms with E-state index in [0.717, 1.165) is 50.5 Å². The van der Waals surface area contributed by atoms with Crippen LogP contribution in [0.15, 0.2) is 36.5 Å². The van der Waals surface area contributed by atoms with Gasteiger partial charge in [0.1, 0.15) is 17.7 Å². The first-order valence-electron chi connectivity index (χ1n) is 7.84. The number of hydrogen-bond donors (Lipinski definition) is 0. The molecule has 0 amide bonds. The SMILES string of the molecule is Cc1ccn(CCN2CCC(Oc3ccc(F)cc3)CC2)n1. The molecule has 1 saturated heterocycles. The highest BCUT2D eigenvalue weighted by atomic mass is 19.1. The van der Waals surface area contributed by atoms with Crippen LogP contribution in [0.2, 0.25) is 0 Å². The van der Waals surface area contributed by atoms with Crippen LogP contribution in [-0.4, -0.2) is 40.4 Å². The molecule has 118 valence electrons. The number of halogens is 1. The molecule has 4 nitrogen and oxygen atoms in total. The molecule has 0 saturated carbocycles. The lowest BCUT2D eigenvalue weighted by Gasteiger charge is -2.32. The van der Waals surface area contributed by atoms with Crippen molar-refractivity contribution >= 4 is 0 Å². The molecule has 0 aliphatic carbocycles. The molecular weight excluding hydrogens is 281 g/mol. The van der Waals surface area contributed by atoms with Crippen LogP contribution in [0.25, 0.3) is 0 Å². The Hall–Kier alpha value is -1.88. The summed E-state index contributed by atoms with van der Waals surface area (Å²) in [5.41, 5.74) is 1.06. The van der Waals surface area contributed by atoms with Crippen molar-refractivity contribution in [2.75, 3.05) is 19.6 Å².